The third-order valence-corrected chi connectivity index (χ3v) is 19.1. The van der Waals surface area contributed by atoms with Gasteiger partial charge in [-0.1, -0.05) is 313 Å². The smallest absolute Gasteiger partial charge is 0.462 e. The van der Waals surface area contributed by atoms with E-state index in [0.29, 0.717) is 32.1 Å². The number of hydrogen-bond acceptors (Lipinski definition) is 15. The monoisotopic (exact) mass is 1580 g/mol. The molecule has 0 bridgehead atoms. The van der Waals surface area contributed by atoms with Crippen molar-refractivity contribution in [3.8, 4) is 0 Å². The molecule has 0 heterocycles. The number of esters is 4. The van der Waals surface area contributed by atoms with E-state index in [1.165, 1.54) is 83.5 Å². The molecule has 2 unspecified atom stereocenters. The Balaban J connectivity index is 5.51. The molecule has 0 aliphatic carbocycles. The Morgan fingerprint density at radius 2 is 0.482 bits per heavy atom. The molecule has 0 spiro atoms. The largest absolute Gasteiger partial charge is 0.472 e. The van der Waals surface area contributed by atoms with Gasteiger partial charge in [-0.25, -0.2) is 9.13 Å². The van der Waals surface area contributed by atoms with Crippen molar-refractivity contribution < 1.29 is 80.2 Å². The van der Waals surface area contributed by atoms with Crippen LogP contribution in [0.4, 0.5) is 0 Å². The van der Waals surface area contributed by atoms with Gasteiger partial charge in [-0.3, -0.25) is 37.3 Å². The van der Waals surface area contributed by atoms with Gasteiger partial charge < -0.3 is 33.8 Å². The number of ether oxygens (including phenoxy) is 4. The van der Waals surface area contributed by atoms with Crippen LogP contribution in [0.5, 0.6) is 0 Å². The minimum atomic E-state index is -5.01. The van der Waals surface area contributed by atoms with Gasteiger partial charge in [-0.15, -0.1) is 0 Å². The number of phosphoric acid groups is 2. The molecule has 0 rings (SSSR count). The van der Waals surface area contributed by atoms with Gasteiger partial charge >= 0.3 is 39.5 Å². The number of carbonyl (C=O) groups excluding carboxylic acids is 4. The minimum absolute atomic E-state index is 0.0149. The Kier molecular flexibility index (Phi) is 77.3. The van der Waals surface area contributed by atoms with Crippen molar-refractivity contribution in [3.63, 3.8) is 0 Å². The van der Waals surface area contributed by atoms with Crippen LogP contribution >= 0.6 is 15.6 Å². The molecule has 110 heavy (non-hydrogen) atoms. The summed E-state index contributed by atoms with van der Waals surface area (Å²) in [5, 5.41) is 10.7. The van der Waals surface area contributed by atoms with E-state index in [9.17, 15) is 43.2 Å². The molecule has 3 N–H and O–H groups in total. The molecule has 0 saturated heterocycles. The average molecular weight is 1580 g/mol. The molecule has 0 aromatic heterocycles. The zero-order valence-corrected chi connectivity index (χ0v) is 70.4. The van der Waals surface area contributed by atoms with Crippen molar-refractivity contribution in [2.45, 2.75) is 341 Å². The highest BCUT2D eigenvalue weighted by molar-refractivity contribution is 7.47. The van der Waals surface area contributed by atoms with Crippen molar-refractivity contribution in [1.82, 2.24) is 0 Å². The molecule has 0 fully saturated rings. The van der Waals surface area contributed by atoms with Gasteiger partial charge in [0.05, 0.1) is 26.4 Å². The van der Waals surface area contributed by atoms with E-state index in [1.54, 1.807) is 0 Å². The number of aliphatic hydroxyl groups is 1. The molecule has 0 aromatic carbocycles. The van der Waals surface area contributed by atoms with E-state index in [4.69, 9.17) is 37.0 Å². The Labute approximate surface area is 667 Å². The lowest BCUT2D eigenvalue weighted by atomic mass is 10.0. The highest BCUT2D eigenvalue weighted by atomic mass is 31.2. The molecule has 0 aliphatic rings. The highest BCUT2D eigenvalue weighted by Gasteiger charge is 2.30. The van der Waals surface area contributed by atoms with Crippen LogP contribution in [-0.2, 0) is 65.4 Å². The van der Waals surface area contributed by atoms with Gasteiger partial charge in [0.1, 0.15) is 19.3 Å². The Morgan fingerprint density at radius 1 is 0.264 bits per heavy atom. The molecule has 0 radical (unpaired) electrons. The van der Waals surface area contributed by atoms with Crippen LogP contribution in [0.25, 0.3) is 0 Å². The second-order valence-electron chi connectivity index (χ2n) is 27.7. The molecular formula is C91H150O17P2. The molecule has 19 heteroatoms. The fourth-order valence-corrected chi connectivity index (χ4v) is 12.4. The van der Waals surface area contributed by atoms with Gasteiger partial charge in [-0.2, -0.15) is 0 Å². The summed E-state index contributed by atoms with van der Waals surface area (Å²) in [6, 6.07) is 0. The lowest BCUT2D eigenvalue weighted by Gasteiger charge is -2.21. The van der Waals surface area contributed by atoms with E-state index in [1.807, 2.05) is 12.2 Å². The van der Waals surface area contributed by atoms with E-state index in [-0.39, 0.29) is 25.7 Å². The summed E-state index contributed by atoms with van der Waals surface area (Å²) in [7, 11) is -10.0. The SMILES string of the molecule is CC/C=C\C/C=C\C/C=C\C/C=C\C/C=C\CCCCCC(=O)OC[C@H](COP(=O)(O)OC[C@@H](O)COP(=O)(O)OC[C@@H](COC(=O)CCCCCCCCCCCCCCCCC)OC(=O)CCC/C=C\C/C=C\C/C=C\C/C=C\CCCCC)OC(=O)CCCCC/C=C\C/C=C\C/C=C\C/C=C\C/C=C\CC. The maximum Gasteiger partial charge on any atom is 0.472 e. The average Bonchev–Trinajstić information content (AvgIpc) is 0.907. The Hall–Kier alpha value is -5.58. The third-order valence-electron chi connectivity index (χ3n) is 17.2. The zero-order chi connectivity index (χ0) is 80.3. The molecular weight excluding hydrogens is 1430 g/mol. The van der Waals surface area contributed by atoms with Gasteiger partial charge in [0, 0.05) is 25.7 Å². The number of carbonyl (C=O) groups is 4. The summed E-state index contributed by atoms with van der Waals surface area (Å²) in [5.74, 6) is -2.32. The number of aliphatic hydroxyl groups excluding tert-OH is 1. The van der Waals surface area contributed by atoms with Crippen molar-refractivity contribution >= 4 is 39.5 Å². The van der Waals surface area contributed by atoms with Crippen LogP contribution in [-0.4, -0.2) is 96.7 Å². The second-order valence-corrected chi connectivity index (χ2v) is 30.6. The van der Waals surface area contributed by atoms with Crippen molar-refractivity contribution in [3.05, 3.63) is 170 Å². The van der Waals surface area contributed by atoms with Crippen LogP contribution in [0.2, 0.25) is 0 Å². The molecule has 0 aromatic rings. The Morgan fingerprint density at radius 3 is 0.782 bits per heavy atom. The molecule has 17 nitrogen and oxygen atoms in total. The van der Waals surface area contributed by atoms with E-state index in [0.717, 1.165) is 154 Å². The maximum absolute atomic E-state index is 13.1. The van der Waals surface area contributed by atoms with Gasteiger partial charge in [-0.05, 0) is 154 Å². The molecule has 626 valence electrons. The third kappa shape index (κ3) is 80.5. The number of unbranched alkanes of at least 4 members (excludes halogenated alkanes) is 24. The molecule has 5 atom stereocenters. The summed E-state index contributed by atoms with van der Waals surface area (Å²) in [6.07, 6.45) is 97.5. The first-order chi connectivity index (χ1) is 53.7. The zero-order valence-electron chi connectivity index (χ0n) is 68.6. The Bertz CT molecular complexity index is 2750. The molecule has 0 amide bonds. The van der Waals surface area contributed by atoms with E-state index in [2.05, 4.69) is 186 Å². The number of phosphoric ester groups is 2. The summed E-state index contributed by atoms with van der Waals surface area (Å²) < 4.78 is 68.7. The normalized spacial score (nSPS) is 14.6. The van der Waals surface area contributed by atoms with E-state index < -0.39 is 97.5 Å². The topological polar surface area (TPSA) is 237 Å². The first-order valence-corrected chi connectivity index (χ1v) is 45.4. The van der Waals surface area contributed by atoms with Crippen molar-refractivity contribution in [2.24, 2.45) is 0 Å². The fraction of sp³-hybridized carbons (Fsp3) is 0.648. The number of hydrogen-bond donors (Lipinski definition) is 3. The summed E-state index contributed by atoms with van der Waals surface area (Å²) in [5.41, 5.74) is 0. The summed E-state index contributed by atoms with van der Waals surface area (Å²) in [4.78, 5) is 73.2. The van der Waals surface area contributed by atoms with Crippen LogP contribution in [0.3, 0.4) is 0 Å². The van der Waals surface area contributed by atoms with Crippen LogP contribution in [0.15, 0.2) is 170 Å². The summed E-state index contributed by atoms with van der Waals surface area (Å²) in [6.45, 7) is 4.50. The van der Waals surface area contributed by atoms with Crippen molar-refractivity contribution in [1.29, 1.82) is 0 Å². The molecule has 0 saturated carbocycles. The second kappa shape index (κ2) is 81.4. The fourth-order valence-electron chi connectivity index (χ4n) is 10.8. The van der Waals surface area contributed by atoms with Gasteiger partial charge in [0.25, 0.3) is 0 Å². The predicted molar refractivity (Wildman–Crippen MR) is 454 cm³/mol. The lowest BCUT2D eigenvalue weighted by Crippen LogP contribution is -2.30. The van der Waals surface area contributed by atoms with Gasteiger partial charge in [0.2, 0.25) is 0 Å². The number of allylic oxidation sites excluding steroid dienone is 28. The quantitative estimate of drug-likeness (QED) is 0.0169. The van der Waals surface area contributed by atoms with E-state index >= 15 is 0 Å². The predicted octanol–water partition coefficient (Wildman–Crippen LogP) is 25.3. The standard InChI is InChI=1S/C91H150O17P2/c1-5-9-13-17-21-25-29-33-37-40-42-45-48-52-56-60-64-68-72-76-89(94)102-82-87(108-91(96)78-74-70-66-62-58-54-50-46-43-41-38-34-30-26-22-18-14-10-6-2)84-106-110(99,100)104-80-85(92)79-103-109(97,98)105-83-86(81-101-88(93)75-71-67-63-59-55-51-47-36-32-28-24-20-16-12-8-4)107-90(95)77-73-69-65-61-57-53-49-44-39-35-31-27-23-19-15-11-7-3/h9-10,13-14,21-23,25-27,33-35,37-39,42-43,45-46,49,52-54,56,58,61,65,85-87,92H,5-8,11-12,15-20,24,28-32,36,40-41,44,47-48,50-51,55,57,59-60,62-64,66-84H2,1-4H3,(H,97,98)(H,99,100)/b13-9-,14-10-,25-21-,26-22-,27-23-,37-33-,38-34-,39-35-,45-42-,46-43-,53-49-,56-52-,58-54-,65-61-/t85-,86+,87+/m0/s1. The highest BCUT2D eigenvalue weighted by Crippen LogP contribution is 2.45. The minimum Gasteiger partial charge on any atom is -0.462 e. The maximum atomic E-state index is 13.1. The molecule has 0 aliphatic heterocycles. The van der Waals surface area contributed by atoms with Gasteiger partial charge in [0.15, 0.2) is 12.2 Å². The van der Waals surface area contributed by atoms with Crippen LogP contribution in [0.1, 0.15) is 323 Å². The number of rotatable bonds is 78. The summed E-state index contributed by atoms with van der Waals surface area (Å²) >= 11 is 0. The first-order valence-electron chi connectivity index (χ1n) is 42.4. The first kappa shape index (κ1) is 104. The van der Waals surface area contributed by atoms with Crippen LogP contribution in [0, 0.1) is 0 Å². The van der Waals surface area contributed by atoms with Crippen LogP contribution < -0.4 is 0 Å². The van der Waals surface area contributed by atoms with Crippen molar-refractivity contribution in [2.75, 3.05) is 39.6 Å². The lowest BCUT2D eigenvalue weighted by molar-refractivity contribution is -0.161.